The first kappa shape index (κ1) is 18.3. The van der Waals surface area contributed by atoms with Gasteiger partial charge in [-0.25, -0.2) is 0 Å². The van der Waals surface area contributed by atoms with E-state index in [-0.39, 0.29) is 19.0 Å². The van der Waals surface area contributed by atoms with Crippen LogP contribution in [0, 0.1) is 12.8 Å². The maximum absolute atomic E-state index is 12.6. The topological polar surface area (TPSA) is 49.4 Å². The molecule has 2 rings (SSSR count). The highest BCUT2D eigenvalue weighted by molar-refractivity contribution is 5.94. The molecule has 0 aromatic heterocycles. The van der Waals surface area contributed by atoms with Gasteiger partial charge in [0.15, 0.2) is 0 Å². The number of nitrogens with zero attached hydrogens (tertiary/aromatic N) is 1. The van der Waals surface area contributed by atoms with Gasteiger partial charge in [0, 0.05) is 18.8 Å². The Balaban J connectivity index is 2.09. The van der Waals surface area contributed by atoms with E-state index in [1.54, 1.807) is 0 Å². The molecule has 1 aliphatic rings. The quantitative estimate of drug-likeness (QED) is 0.916. The number of piperidine rings is 1. The normalized spacial score (nSPS) is 18.4. The van der Waals surface area contributed by atoms with E-state index in [1.165, 1.54) is 0 Å². The zero-order valence-corrected chi connectivity index (χ0v) is 13.7. The summed E-state index contributed by atoms with van der Waals surface area (Å²) in [5.41, 5.74) is 2.59. The van der Waals surface area contributed by atoms with Crippen LogP contribution >= 0.6 is 0 Å². The van der Waals surface area contributed by atoms with Crippen molar-refractivity contribution in [3.8, 4) is 0 Å². The molecular weight excluding hydrogens is 321 g/mol. The standard InChI is InChI=1S/C17H21F3N2O2/c1-3-12-7-4-6-11(2)14(12)21-15(23)13-8-5-9-22(10-13)16(24)17(18,19)20/h4,6-7,13H,3,5,8-10H2,1-2H3,(H,21,23). The summed E-state index contributed by atoms with van der Waals surface area (Å²) in [6.07, 6.45) is -3.31. The molecule has 1 saturated heterocycles. The summed E-state index contributed by atoms with van der Waals surface area (Å²) >= 11 is 0. The maximum atomic E-state index is 12.6. The lowest BCUT2D eigenvalue weighted by atomic mass is 9.96. The Kier molecular flexibility index (Phi) is 5.51. The van der Waals surface area contributed by atoms with Crippen molar-refractivity contribution in [2.24, 2.45) is 5.92 Å². The fourth-order valence-corrected chi connectivity index (χ4v) is 2.98. The third-order valence-electron chi connectivity index (χ3n) is 4.31. The van der Waals surface area contributed by atoms with Gasteiger partial charge in [0.1, 0.15) is 0 Å². The van der Waals surface area contributed by atoms with Crippen LogP contribution in [0.1, 0.15) is 30.9 Å². The molecule has 1 N–H and O–H groups in total. The number of hydrogen-bond acceptors (Lipinski definition) is 2. The highest BCUT2D eigenvalue weighted by Gasteiger charge is 2.44. The van der Waals surface area contributed by atoms with Gasteiger partial charge in [-0.3, -0.25) is 9.59 Å². The number of anilines is 1. The van der Waals surface area contributed by atoms with Crippen LogP contribution in [0.25, 0.3) is 0 Å². The largest absolute Gasteiger partial charge is 0.471 e. The summed E-state index contributed by atoms with van der Waals surface area (Å²) < 4.78 is 37.7. The number of benzene rings is 1. The molecule has 7 heteroatoms. The lowest BCUT2D eigenvalue weighted by molar-refractivity contribution is -0.187. The summed E-state index contributed by atoms with van der Waals surface area (Å²) in [7, 11) is 0. The molecule has 0 saturated carbocycles. The van der Waals surface area contributed by atoms with Crippen LogP contribution in [0.4, 0.5) is 18.9 Å². The predicted octanol–water partition coefficient (Wildman–Crippen LogP) is 3.30. The van der Waals surface area contributed by atoms with Crippen LogP contribution in [0.5, 0.6) is 0 Å². The Morgan fingerprint density at radius 3 is 2.67 bits per heavy atom. The fraction of sp³-hybridized carbons (Fsp3) is 0.529. The van der Waals surface area contributed by atoms with Crippen molar-refractivity contribution in [2.45, 2.75) is 39.3 Å². The Morgan fingerprint density at radius 1 is 1.33 bits per heavy atom. The zero-order valence-electron chi connectivity index (χ0n) is 13.7. The molecule has 2 amide bonds. The molecule has 0 spiro atoms. The van der Waals surface area contributed by atoms with Crippen molar-refractivity contribution < 1.29 is 22.8 Å². The van der Waals surface area contributed by atoms with E-state index < -0.39 is 18.0 Å². The lowest BCUT2D eigenvalue weighted by Crippen LogP contribution is -2.48. The van der Waals surface area contributed by atoms with Gasteiger partial charge < -0.3 is 10.2 Å². The van der Waals surface area contributed by atoms with Crippen molar-refractivity contribution in [3.63, 3.8) is 0 Å². The van der Waals surface area contributed by atoms with Crippen LogP contribution < -0.4 is 5.32 Å². The van der Waals surface area contributed by atoms with Crippen molar-refractivity contribution in [2.75, 3.05) is 18.4 Å². The number of amides is 2. The number of halogens is 3. The number of rotatable bonds is 3. The number of nitrogens with one attached hydrogen (secondary N) is 1. The molecule has 1 aromatic carbocycles. The van der Waals surface area contributed by atoms with E-state index in [9.17, 15) is 22.8 Å². The van der Waals surface area contributed by atoms with Crippen molar-refractivity contribution in [3.05, 3.63) is 29.3 Å². The second-order valence-corrected chi connectivity index (χ2v) is 6.04. The van der Waals surface area contributed by atoms with Gasteiger partial charge in [-0.1, -0.05) is 25.1 Å². The molecule has 132 valence electrons. The van der Waals surface area contributed by atoms with E-state index >= 15 is 0 Å². The van der Waals surface area contributed by atoms with E-state index in [0.29, 0.717) is 18.5 Å². The molecule has 1 aliphatic heterocycles. The Hall–Kier alpha value is -2.05. The molecule has 24 heavy (non-hydrogen) atoms. The van der Waals surface area contributed by atoms with Crippen molar-refractivity contribution in [1.82, 2.24) is 4.90 Å². The fourth-order valence-electron chi connectivity index (χ4n) is 2.98. The minimum absolute atomic E-state index is 0.0344. The Bertz CT molecular complexity index is 629. The molecule has 1 heterocycles. The first-order valence-electron chi connectivity index (χ1n) is 7.99. The van der Waals surface area contributed by atoms with Crippen molar-refractivity contribution >= 4 is 17.5 Å². The van der Waals surface area contributed by atoms with Crippen LogP contribution in [0.3, 0.4) is 0 Å². The highest BCUT2D eigenvalue weighted by atomic mass is 19.4. The van der Waals surface area contributed by atoms with E-state index in [2.05, 4.69) is 5.32 Å². The number of carbonyl (C=O) groups is 2. The summed E-state index contributed by atoms with van der Waals surface area (Å²) in [4.78, 5) is 24.6. The Labute approximate surface area is 139 Å². The SMILES string of the molecule is CCc1cccc(C)c1NC(=O)C1CCCN(C(=O)C(F)(F)F)C1. The number of para-hydroxylation sites is 1. The average molecular weight is 342 g/mol. The number of alkyl halides is 3. The molecule has 1 atom stereocenters. The predicted molar refractivity (Wildman–Crippen MR) is 84.5 cm³/mol. The van der Waals surface area contributed by atoms with Gasteiger partial charge in [0.25, 0.3) is 0 Å². The second-order valence-electron chi connectivity index (χ2n) is 6.04. The molecule has 4 nitrogen and oxygen atoms in total. The molecule has 0 radical (unpaired) electrons. The Morgan fingerprint density at radius 2 is 2.04 bits per heavy atom. The lowest BCUT2D eigenvalue weighted by Gasteiger charge is -2.32. The van der Waals surface area contributed by atoms with Gasteiger partial charge in [0.2, 0.25) is 5.91 Å². The summed E-state index contributed by atoms with van der Waals surface area (Å²) in [5, 5.41) is 2.84. The maximum Gasteiger partial charge on any atom is 0.471 e. The molecule has 1 fully saturated rings. The van der Waals surface area contributed by atoms with Gasteiger partial charge in [-0.15, -0.1) is 0 Å². The second kappa shape index (κ2) is 7.23. The molecule has 1 unspecified atom stereocenters. The number of hydrogen-bond donors (Lipinski definition) is 1. The molecule has 1 aromatic rings. The zero-order chi connectivity index (χ0) is 17.9. The summed E-state index contributed by atoms with van der Waals surface area (Å²) in [6, 6.07) is 5.67. The average Bonchev–Trinajstić information content (AvgIpc) is 2.55. The van der Waals surface area contributed by atoms with E-state index in [1.807, 2.05) is 32.0 Å². The van der Waals surface area contributed by atoms with Crippen LogP contribution in [0.15, 0.2) is 18.2 Å². The minimum Gasteiger partial charge on any atom is -0.334 e. The van der Waals surface area contributed by atoms with E-state index in [4.69, 9.17) is 0 Å². The van der Waals surface area contributed by atoms with Gasteiger partial charge in [-0.2, -0.15) is 13.2 Å². The third kappa shape index (κ3) is 4.07. The smallest absolute Gasteiger partial charge is 0.334 e. The van der Waals surface area contributed by atoms with Gasteiger partial charge >= 0.3 is 12.1 Å². The summed E-state index contributed by atoms with van der Waals surface area (Å²) in [6.45, 7) is 3.67. The first-order valence-corrected chi connectivity index (χ1v) is 7.99. The van der Waals surface area contributed by atoms with Gasteiger partial charge in [0.05, 0.1) is 5.92 Å². The van der Waals surface area contributed by atoms with Gasteiger partial charge in [-0.05, 0) is 37.3 Å². The van der Waals surface area contributed by atoms with Crippen molar-refractivity contribution in [1.29, 1.82) is 0 Å². The van der Waals surface area contributed by atoms with Crippen LogP contribution in [-0.2, 0) is 16.0 Å². The van der Waals surface area contributed by atoms with Crippen LogP contribution in [-0.4, -0.2) is 36.0 Å². The minimum atomic E-state index is -4.90. The monoisotopic (exact) mass is 342 g/mol. The molecular formula is C17H21F3N2O2. The summed E-state index contributed by atoms with van der Waals surface area (Å²) in [5.74, 6) is -2.84. The highest BCUT2D eigenvalue weighted by Crippen LogP contribution is 2.26. The van der Waals surface area contributed by atoms with Crippen LogP contribution in [0.2, 0.25) is 0 Å². The van der Waals surface area contributed by atoms with E-state index in [0.717, 1.165) is 22.4 Å². The number of aryl methyl sites for hydroxylation is 2. The first-order chi connectivity index (χ1) is 11.2. The third-order valence-corrected chi connectivity index (χ3v) is 4.31. The number of carbonyl (C=O) groups excluding carboxylic acids is 2. The molecule has 0 aliphatic carbocycles. The molecule has 0 bridgehead atoms. The number of likely N-dealkylation sites (tertiary alicyclic amines) is 1.